The SMILES string of the molecule is C=CC(=O)OCCOCCOC(=O)C(C)C. The maximum atomic E-state index is 11.0. The highest BCUT2D eigenvalue weighted by Gasteiger charge is 2.07. The summed E-state index contributed by atoms with van der Waals surface area (Å²) >= 11 is 0. The van der Waals surface area contributed by atoms with Crippen molar-refractivity contribution in [3.8, 4) is 0 Å². The summed E-state index contributed by atoms with van der Waals surface area (Å²) in [6.07, 6.45) is 1.09. The van der Waals surface area contributed by atoms with Crippen LogP contribution in [0.3, 0.4) is 0 Å². The number of ether oxygens (including phenoxy) is 3. The van der Waals surface area contributed by atoms with Crippen LogP contribution in [-0.2, 0) is 23.8 Å². The fourth-order valence-electron chi connectivity index (χ4n) is 0.730. The van der Waals surface area contributed by atoms with Crippen molar-refractivity contribution in [3.05, 3.63) is 12.7 Å². The highest BCUT2D eigenvalue weighted by atomic mass is 16.6. The summed E-state index contributed by atoms with van der Waals surface area (Å²) < 4.78 is 14.6. The van der Waals surface area contributed by atoms with Gasteiger partial charge >= 0.3 is 11.9 Å². The molecule has 0 unspecified atom stereocenters. The predicted molar refractivity (Wildman–Crippen MR) is 57.8 cm³/mol. The molecular weight excluding hydrogens is 212 g/mol. The van der Waals surface area contributed by atoms with Gasteiger partial charge in [0.05, 0.1) is 19.1 Å². The molecule has 0 spiro atoms. The summed E-state index contributed by atoms with van der Waals surface area (Å²) in [6, 6.07) is 0. The first-order valence-electron chi connectivity index (χ1n) is 5.11. The molecule has 0 aromatic heterocycles. The summed E-state index contributed by atoms with van der Waals surface area (Å²) in [5.74, 6) is -0.856. The first-order chi connectivity index (χ1) is 7.57. The Morgan fingerprint density at radius 1 is 1.12 bits per heavy atom. The van der Waals surface area contributed by atoms with Gasteiger partial charge in [0.1, 0.15) is 13.2 Å². The molecule has 0 saturated heterocycles. The van der Waals surface area contributed by atoms with E-state index in [9.17, 15) is 9.59 Å². The summed E-state index contributed by atoms with van der Waals surface area (Å²) in [7, 11) is 0. The molecule has 0 fully saturated rings. The Labute approximate surface area is 95.4 Å². The van der Waals surface area contributed by atoms with E-state index in [0.717, 1.165) is 6.08 Å². The normalized spacial score (nSPS) is 9.94. The molecule has 5 nitrogen and oxygen atoms in total. The number of hydrogen-bond acceptors (Lipinski definition) is 5. The summed E-state index contributed by atoms with van der Waals surface area (Å²) in [5, 5.41) is 0. The second kappa shape index (κ2) is 8.91. The fourth-order valence-corrected chi connectivity index (χ4v) is 0.730. The van der Waals surface area contributed by atoms with E-state index in [1.165, 1.54) is 0 Å². The third kappa shape index (κ3) is 7.99. The van der Waals surface area contributed by atoms with Crippen LogP contribution in [0.15, 0.2) is 12.7 Å². The molecule has 0 aliphatic heterocycles. The minimum absolute atomic E-state index is 0.131. The van der Waals surface area contributed by atoms with Crippen molar-refractivity contribution in [2.45, 2.75) is 13.8 Å². The highest BCUT2D eigenvalue weighted by Crippen LogP contribution is 1.95. The van der Waals surface area contributed by atoms with Crippen LogP contribution in [0.2, 0.25) is 0 Å². The van der Waals surface area contributed by atoms with Gasteiger partial charge in [-0.25, -0.2) is 4.79 Å². The lowest BCUT2D eigenvalue weighted by Crippen LogP contribution is -2.16. The zero-order valence-electron chi connectivity index (χ0n) is 9.73. The van der Waals surface area contributed by atoms with Crippen LogP contribution < -0.4 is 0 Å². The minimum atomic E-state index is -0.477. The third-order valence-electron chi connectivity index (χ3n) is 1.58. The summed E-state index contributed by atoms with van der Waals surface area (Å²) in [4.78, 5) is 21.6. The predicted octanol–water partition coefficient (Wildman–Crippen LogP) is 0.931. The third-order valence-corrected chi connectivity index (χ3v) is 1.58. The number of carbonyl (C=O) groups excluding carboxylic acids is 2. The quantitative estimate of drug-likeness (QED) is 0.352. The Kier molecular flexibility index (Phi) is 8.15. The van der Waals surface area contributed by atoms with Crippen molar-refractivity contribution < 1.29 is 23.8 Å². The molecule has 0 heterocycles. The molecule has 0 aromatic carbocycles. The van der Waals surface area contributed by atoms with Crippen LogP contribution in [-0.4, -0.2) is 38.4 Å². The Hall–Kier alpha value is -1.36. The van der Waals surface area contributed by atoms with E-state index >= 15 is 0 Å². The average molecular weight is 230 g/mol. The van der Waals surface area contributed by atoms with Gasteiger partial charge in [-0.15, -0.1) is 0 Å². The summed E-state index contributed by atoms with van der Waals surface area (Å²) in [5.41, 5.74) is 0. The zero-order chi connectivity index (χ0) is 12.4. The van der Waals surface area contributed by atoms with Gasteiger partial charge in [-0.05, 0) is 0 Å². The van der Waals surface area contributed by atoms with Gasteiger partial charge < -0.3 is 14.2 Å². The van der Waals surface area contributed by atoms with Crippen molar-refractivity contribution in [1.82, 2.24) is 0 Å². The van der Waals surface area contributed by atoms with Crippen LogP contribution in [0.1, 0.15) is 13.8 Å². The molecule has 92 valence electrons. The molecule has 0 rings (SSSR count). The molecule has 0 aliphatic rings. The van der Waals surface area contributed by atoms with E-state index in [1.807, 2.05) is 0 Å². The number of hydrogen-bond donors (Lipinski definition) is 0. The maximum absolute atomic E-state index is 11.0. The van der Waals surface area contributed by atoms with Crippen molar-refractivity contribution >= 4 is 11.9 Å². The molecule has 0 atom stereocenters. The largest absolute Gasteiger partial charge is 0.463 e. The smallest absolute Gasteiger partial charge is 0.330 e. The van der Waals surface area contributed by atoms with E-state index in [-0.39, 0.29) is 31.7 Å². The van der Waals surface area contributed by atoms with Crippen molar-refractivity contribution in [1.29, 1.82) is 0 Å². The molecule has 5 heteroatoms. The molecule has 0 aliphatic carbocycles. The van der Waals surface area contributed by atoms with Crippen molar-refractivity contribution in [2.24, 2.45) is 5.92 Å². The Morgan fingerprint density at radius 3 is 2.19 bits per heavy atom. The lowest BCUT2D eigenvalue weighted by Gasteiger charge is -2.07. The average Bonchev–Trinajstić information content (AvgIpc) is 2.26. The molecule has 0 amide bonds. The molecule has 16 heavy (non-hydrogen) atoms. The van der Waals surface area contributed by atoms with Gasteiger partial charge in [-0.3, -0.25) is 4.79 Å². The first-order valence-corrected chi connectivity index (χ1v) is 5.11. The second-order valence-corrected chi connectivity index (χ2v) is 3.31. The zero-order valence-corrected chi connectivity index (χ0v) is 9.73. The van der Waals surface area contributed by atoms with Crippen molar-refractivity contribution in [2.75, 3.05) is 26.4 Å². The standard InChI is InChI=1S/C11H18O5/c1-4-10(12)15-7-5-14-6-8-16-11(13)9(2)3/h4,9H,1,5-8H2,2-3H3. The lowest BCUT2D eigenvalue weighted by molar-refractivity contribution is -0.149. The molecule has 0 saturated carbocycles. The molecule has 0 aromatic rings. The van der Waals surface area contributed by atoms with E-state index in [2.05, 4.69) is 11.3 Å². The van der Waals surface area contributed by atoms with E-state index in [4.69, 9.17) is 9.47 Å². The van der Waals surface area contributed by atoms with Gasteiger partial charge in [-0.2, -0.15) is 0 Å². The molecular formula is C11H18O5. The summed E-state index contributed by atoms with van der Waals surface area (Å²) in [6.45, 7) is 7.73. The van der Waals surface area contributed by atoms with Crippen LogP contribution in [0.5, 0.6) is 0 Å². The molecule has 0 radical (unpaired) electrons. The topological polar surface area (TPSA) is 61.8 Å². The van der Waals surface area contributed by atoms with Gasteiger partial charge in [0.15, 0.2) is 0 Å². The van der Waals surface area contributed by atoms with E-state index < -0.39 is 5.97 Å². The number of rotatable bonds is 8. The Bertz CT molecular complexity index is 235. The number of carbonyl (C=O) groups is 2. The van der Waals surface area contributed by atoms with Crippen LogP contribution in [0, 0.1) is 5.92 Å². The van der Waals surface area contributed by atoms with Gasteiger partial charge in [-0.1, -0.05) is 20.4 Å². The minimum Gasteiger partial charge on any atom is -0.463 e. The molecule has 0 bridgehead atoms. The number of esters is 2. The lowest BCUT2D eigenvalue weighted by atomic mass is 10.2. The first kappa shape index (κ1) is 14.6. The van der Waals surface area contributed by atoms with Crippen molar-refractivity contribution in [3.63, 3.8) is 0 Å². The van der Waals surface area contributed by atoms with Crippen LogP contribution >= 0.6 is 0 Å². The Balaban J connectivity index is 3.25. The molecule has 0 N–H and O–H groups in total. The van der Waals surface area contributed by atoms with Gasteiger partial charge in [0, 0.05) is 6.08 Å². The monoisotopic (exact) mass is 230 g/mol. The van der Waals surface area contributed by atoms with E-state index in [0.29, 0.717) is 6.61 Å². The second-order valence-electron chi connectivity index (χ2n) is 3.31. The maximum Gasteiger partial charge on any atom is 0.330 e. The highest BCUT2D eigenvalue weighted by molar-refractivity contribution is 5.81. The van der Waals surface area contributed by atoms with Crippen LogP contribution in [0.4, 0.5) is 0 Å². The Morgan fingerprint density at radius 2 is 1.69 bits per heavy atom. The van der Waals surface area contributed by atoms with E-state index in [1.54, 1.807) is 13.8 Å². The van der Waals surface area contributed by atoms with Gasteiger partial charge in [0.2, 0.25) is 0 Å². The van der Waals surface area contributed by atoms with Crippen LogP contribution in [0.25, 0.3) is 0 Å². The fraction of sp³-hybridized carbons (Fsp3) is 0.636. The van der Waals surface area contributed by atoms with Gasteiger partial charge in [0.25, 0.3) is 0 Å².